The summed E-state index contributed by atoms with van der Waals surface area (Å²) in [5.41, 5.74) is 6.03. The maximum absolute atomic E-state index is 13.9. The molecule has 1 unspecified atom stereocenters. The van der Waals surface area contributed by atoms with Crippen molar-refractivity contribution in [3.63, 3.8) is 0 Å². The molecule has 3 aromatic heterocycles. The summed E-state index contributed by atoms with van der Waals surface area (Å²) in [5.74, 6) is 2.05. The van der Waals surface area contributed by atoms with Gasteiger partial charge in [-0.05, 0) is 171 Å². The van der Waals surface area contributed by atoms with Gasteiger partial charge in [-0.1, -0.05) is 15.9 Å². The lowest BCUT2D eigenvalue weighted by Gasteiger charge is -2.51. The number of ether oxygens (including phenoxy) is 4. The number of amides is 4. The third-order valence-electron chi connectivity index (χ3n) is 14.4. The highest BCUT2D eigenvalue weighted by molar-refractivity contribution is 9.10. The lowest BCUT2D eigenvalue weighted by Crippen LogP contribution is -2.63. The van der Waals surface area contributed by atoms with Gasteiger partial charge in [-0.2, -0.15) is 0 Å². The number of benzene rings is 2. The number of hydrogen-bond donors (Lipinski definition) is 1. The third-order valence-corrected chi connectivity index (χ3v) is 15.3. The van der Waals surface area contributed by atoms with Crippen LogP contribution in [-0.2, 0) is 44.7 Å². The van der Waals surface area contributed by atoms with E-state index >= 15 is 0 Å². The molecule has 1 atom stereocenters. The van der Waals surface area contributed by atoms with Crippen molar-refractivity contribution in [2.45, 2.75) is 152 Å². The van der Waals surface area contributed by atoms with E-state index in [1.54, 1.807) is 41.2 Å². The molecule has 2 spiro atoms. The number of ketones is 2. The number of halogens is 1. The highest BCUT2D eigenvalue weighted by Gasteiger charge is 2.55. The van der Waals surface area contributed by atoms with Crippen LogP contribution in [0.5, 0.6) is 11.5 Å². The zero-order valence-electron chi connectivity index (χ0n) is 43.2. The Labute approximate surface area is 438 Å². The molecule has 1 saturated heterocycles. The number of aromatic nitrogens is 5. The smallest absolute Gasteiger partial charge is 0.417 e. The highest BCUT2D eigenvalue weighted by Crippen LogP contribution is 2.49. The molecular weight excluding hydrogens is 1010 g/mol. The van der Waals surface area contributed by atoms with Crippen molar-refractivity contribution in [3.8, 4) is 45.7 Å². The molecule has 1 N–H and O–H groups in total. The number of H-pyrrole nitrogens is 1. The summed E-state index contributed by atoms with van der Waals surface area (Å²) in [4.78, 5) is 99.2. The Morgan fingerprint density at radius 3 is 1.68 bits per heavy atom. The number of nitrogens with one attached hydrogen (secondary N) is 1. The summed E-state index contributed by atoms with van der Waals surface area (Å²) < 4.78 is 21.3. The van der Waals surface area contributed by atoms with Crippen LogP contribution in [0.3, 0.4) is 0 Å². The molecule has 2 saturated carbocycles. The molecule has 2 aliphatic heterocycles. The third kappa shape index (κ3) is 10.3. The molecule has 11 rings (SSSR count). The summed E-state index contributed by atoms with van der Waals surface area (Å²) in [6.45, 7) is 10.8. The number of Topliss-reactive ketones (excluding diaryl/α,β-unsaturated/α-hetero) is 2. The van der Waals surface area contributed by atoms with Crippen LogP contribution in [0.25, 0.3) is 34.2 Å². The second-order valence-electron chi connectivity index (χ2n) is 21.8. The molecule has 74 heavy (non-hydrogen) atoms. The van der Waals surface area contributed by atoms with Crippen LogP contribution in [0.15, 0.2) is 60.9 Å². The largest absolute Gasteiger partial charge is 0.497 e. The van der Waals surface area contributed by atoms with Crippen molar-refractivity contribution in [2.75, 3.05) is 14.2 Å². The van der Waals surface area contributed by atoms with Gasteiger partial charge in [0, 0.05) is 42.1 Å². The minimum absolute atomic E-state index is 0.0448. The number of piperidine rings is 1. The SMILES string of the molecule is CC(C)(C)OC(=O)N1C(=O)CC(=O)CC12CCC2.COc1ccc(-c2ncc3c(n2)-c2[nH]c4c(c2CC3)C(=O)N(C(=O)OC(C)(C)C)C2(CCC2)C4)cc1.COc1ccc(-c2ncc3c(n2)C(=O)C(Br)CC3)cc1. The molecule has 0 bridgehead atoms. The molecule has 18 heteroatoms. The number of imide groups is 2. The quantitative estimate of drug-likeness (QED) is 0.131. The van der Waals surface area contributed by atoms with Crippen molar-refractivity contribution < 1.29 is 47.7 Å². The summed E-state index contributed by atoms with van der Waals surface area (Å²) in [5, 5.41) is 0. The number of aromatic amines is 1. The van der Waals surface area contributed by atoms with Gasteiger partial charge in [0.25, 0.3) is 5.91 Å². The number of fused-ring (bicyclic) bond motifs is 6. The predicted molar refractivity (Wildman–Crippen MR) is 277 cm³/mol. The van der Waals surface area contributed by atoms with Crippen LogP contribution in [-0.4, -0.2) is 112 Å². The summed E-state index contributed by atoms with van der Waals surface area (Å²) in [6.07, 6.45) is 11.2. The van der Waals surface area contributed by atoms with Gasteiger partial charge < -0.3 is 23.9 Å². The van der Waals surface area contributed by atoms with E-state index in [-0.39, 0.29) is 35.1 Å². The Hall–Kier alpha value is -6.82. The number of alkyl halides is 1. The fourth-order valence-electron chi connectivity index (χ4n) is 10.5. The number of aryl methyl sites for hydroxylation is 2. The first-order valence-electron chi connectivity index (χ1n) is 25.2. The van der Waals surface area contributed by atoms with E-state index in [0.717, 1.165) is 101 Å². The van der Waals surface area contributed by atoms with E-state index in [2.05, 4.69) is 35.9 Å². The minimum atomic E-state index is -0.673. The van der Waals surface area contributed by atoms with E-state index < -0.39 is 40.4 Å². The van der Waals surface area contributed by atoms with Gasteiger partial charge in [0.1, 0.15) is 34.2 Å². The van der Waals surface area contributed by atoms with E-state index in [1.807, 2.05) is 75.5 Å². The fourth-order valence-corrected chi connectivity index (χ4v) is 11.0. The minimum Gasteiger partial charge on any atom is -0.497 e. The lowest BCUT2D eigenvalue weighted by molar-refractivity contribution is -0.151. The Bertz CT molecular complexity index is 3040. The van der Waals surface area contributed by atoms with E-state index in [0.29, 0.717) is 48.6 Å². The molecule has 5 heterocycles. The topological polar surface area (TPSA) is 213 Å². The van der Waals surface area contributed by atoms with Crippen LogP contribution < -0.4 is 9.47 Å². The van der Waals surface area contributed by atoms with Gasteiger partial charge in [0.2, 0.25) is 5.91 Å². The van der Waals surface area contributed by atoms with Crippen molar-refractivity contribution in [1.29, 1.82) is 0 Å². The van der Waals surface area contributed by atoms with Gasteiger partial charge in [0.05, 0.1) is 53.5 Å². The normalized spacial score (nSPS) is 19.0. The van der Waals surface area contributed by atoms with Gasteiger partial charge in [0.15, 0.2) is 17.4 Å². The van der Waals surface area contributed by atoms with E-state index in [4.69, 9.17) is 23.9 Å². The van der Waals surface area contributed by atoms with Crippen LogP contribution >= 0.6 is 15.9 Å². The monoisotopic (exact) mass is 1070 g/mol. The van der Waals surface area contributed by atoms with Gasteiger partial charge in [-0.25, -0.2) is 39.3 Å². The number of hydrogen-bond acceptors (Lipinski definition) is 14. The van der Waals surface area contributed by atoms with Crippen LogP contribution in [0.1, 0.15) is 143 Å². The summed E-state index contributed by atoms with van der Waals surface area (Å²) in [7, 11) is 3.26. The Morgan fingerprint density at radius 2 is 1.18 bits per heavy atom. The second kappa shape index (κ2) is 20.1. The summed E-state index contributed by atoms with van der Waals surface area (Å²) >= 11 is 3.40. The van der Waals surface area contributed by atoms with E-state index in [1.165, 1.54) is 9.80 Å². The standard InChI is InChI=1S/C28H30N4O4.C15H13BrN2O2.C13H19NO4/c1-27(2,3)36-26(34)32-25(33)21-19-11-8-17-15-29-24(16-6-9-18(35-4)10-7-16)31-22(17)23(19)30-20(21)14-28(32)12-5-13-28;1-20-11-5-2-9(3-6-11)15-17-8-10-4-7-12(16)14(19)13(10)18-15;1-12(2,3)18-11(17)14-10(16)7-9(15)8-13(14)5-4-6-13/h6-7,9-10,15,30H,5,8,11-14H2,1-4H3;2-3,5-6,8,12H,4,7H2,1H3;4-8H2,1-3H3. The number of likely N-dealkylation sites (tertiary alicyclic amines) is 1. The maximum atomic E-state index is 13.9. The Kier molecular flexibility index (Phi) is 14.2. The number of nitrogens with zero attached hydrogens (tertiary/aromatic N) is 6. The maximum Gasteiger partial charge on any atom is 0.417 e. The molecule has 6 aliphatic rings. The van der Waals surface area contributed by atoms with Crippen molar-refractivity contribution in [3.05, 3.63) is 94.6 Å². The molecule has 2 aromatic carbocycles. The van der Waals surface area contributed by atoms with Crippen molar-refractivity contribution >= 4 is 51.5 Å². The molecule has 4 aliphatic carbocycles. The average molecular weight is 1070 g/mol. The van der Waals surface area contributed by atoms with Gasteiger partial charge in [-0.3, -0.25) is 19.2 Å². The first kappa shape index (κ1) is 52.1. The Morgan fingerprint density at radius 1 is 0.676 bits per heavy atom. The number of methoxy groups -OCH3 is 2. The zero-order valence-corrected chi connectivity index (χ0v) is 44.8. The molecule has 5 aromatic rings. The molecule has 17 nitrogen and oxygen atoms in total. The fraction of sp³-hybridized carbons (Fsp3) is 0.464. The van der Waals surface area contributed by atoms with Gasteiger partial charge in [-0.15, -0.1) is 0 Å². The molecule has 4 amide bonds. The molecule has 0 radical (unpaired) electrons. The number of carbonyl (C=O) groups excluding carboxylic acids is 6. The first-order chi connectivity index (χ1) is 35.1. The lowest BCUT2D eigenvalue weighted by atomic mass is 9.69. The number of carbonyl (C=O) groups is 6. The van der Waals surface area contributed by atoms with E-state index in [9.17, 15) is 28.8 Å². The molecular formula is C56H62BrN7O10. The zero-order chi connectivity index (χ0) is 52.9. The van der Waals surface area contributed by atoms with Crippen molar-refractivity contribution in [2.24, 2.45) is 0 Å². The summed E-state index contributed by atoms with van der Waals surface area (Å²) in [6, 6.07) is 15.1. The van der Waals surface area contributed by atoms with Gasteiger partial charge >= 0.3 is 12.2 Å². The Balaban J connectivity index is 0.000000150. The van der Waals surface area contributed by atoms with Crippen molar-refractivity contribution in [1.82, 2.24) is 34.7 Å². The van der Waals surface area contributed by atoms with Crippen LogP contribution in [0, 0.1) is 0 Å². The average Bonchev–Trinajstić information content (AvgIpc) is 3.72. The number of rotatable bonds is 4. The first-order valence-corrected chi connectivity index (χ1v) is 26.1. The highest BCUT2D eigenvalue weighted by atomic mass is 79.9. The second-order valence-corrected chi connectivity index (χ2v) is 23.0. The molecule has 388 valence electrons. The van der Waals surface area contributed by atoms with Crippen LogP contribution in [0.4, 0.5) is 9.59 Å². The van der Waals surface area contributed by atoms with Crippen LogP contribution in [0.2, 0.25) is 0 Å². The predicted octanol–water partition coefficient (Wildman–Crippen LogP) is 10.2. The molecule has 3 fully saturated rings.